The number of hydrogen-bond acceptors (Lipinski definition) is 3. The Hall–Kier alpha value is -2.31. The second-order valence-electron chi connectivity index (χ2n) is 4.01. The van der Waals surface area contributed by atoms with E-state index in [0.29, 0.717) is 21.4 Å². The normalized spacial score (nSPS) is 10.0. The van der Waals surface area contributed by atoms with Gasteiger partial charge in [-0.15, -0.1) is 0 Å². The van der Waals surface area contributed by atoms with Crippen molar-refractivity contribution < 1.29 is 9.72 Å². The highest BCUT2D eigenvalue weighted by molar-refractivity contribution is 6.36. The average Bonchev–Trinajstić information content (AvgIpc) is 2.42. The predicted molar refractivity (Wildman–Crippen MR) is 82.2 cm³/mol. The molecule has 108 valence electrons. The molecule has 2 aromatic carbocycles. The Kier molecular flexibility index (Phi) is 4.62. The number of benzene rings is 2. The molecule has 0 aliphatic carbocycles. The average molecular weight is 326 g/mol. The van der Waals surface area contributed by atoms with Gasteiger partial charge in [0.2, 0.25) is 0 Å². The standard InChI is InChI=1S/C13H9Cl2N3O3/c14-8-1-6-12(11(15)7-8)17-13(19)16-9-2-4-10(5-3-9)18(20)21/h1-7H,(H2,16,17,19). The summed E-state index contributed by atoms with van der Waals surface area (Å²) in [7, 11) is 0. The first-order valence-corrected chi connectivity index (χ1v) is 6.49. The lowest BCUT2D eigenvalue weighted by molar-refractivity contribution is -0.384. The van der Waals surface area contributed by atoms with Crippen LogP contribution in [0.3, 0.4) is 0 Å². The zero-order valence-corrected chi connectivity index (χ0v) is 12.0. The monoisotopic (exact) mass is 325 g/mol. The van der Waals surface area contributed by atoms with Gasteiger partial charge in [0.15, 0.2) is 0 Å². The van der Waals surface area contributed by atoms with E-state index in [1.54, 1.807) is 12.1 Å². The maximum Gasteiger partial charge on any atom is 0.323 e. The molecule has 0 bridgehead atoms. The number of carbonyl (C=O) groups is 1. The molecule has 0 spiro atoms. The molecular formula is C13H9Cl2N3O3. The first-order chi connectivity index (χ1) is 9.95. The SMILES string of the molecule is O=C(Nc1ccc([N+](=O)[O-])cc1)Nc1ccc(Cl)cc1Cl. The minimum Gasteiger partial charge on any atom is -0.308 e. The highest BCUT2D eigenvalue weighted by Gasteiger charge is 2.08. The van der Waals surface area contributed by atoms with E-state index in [1.807, 2.05) is 0 Å². The molecule has 0 aliphatic rings. The summed E-state index contributed by atoms with van der Waals surface area (Å²) in [5.41, 5.74) is 0.769. The lowest BCUT2D eigenvalue weighted by Gasteiger charge is -2.09. The first-order valence-electron chi connectivity index (χ1n) is 5.73. The molecule has 8 heteroatoms. The Morgan fingerprint density at radius 2 is 1.71 bits per heavy atom. The Morgan fingerprint density at radius 1 is 1.05 bits per heavy atom. The molecular weight excluding hydrogens is 317 g/mol. The summed E-state index contributed by atoms with van der Waals surface area (Å²) < 4.78 is 0. The molecule has 0 heterocycles. The van der Waals surface area contributed by atoms with Gasteiger partial charge >= 0.3 is 6.03 Å². The van der Waals surface area contributed by atoms with Gasteiger partial charge < -0.3 is 10.6 Å². The molecule has 0 atom stereocenters. The van der Waals surface area contributed by atoms with Gasteiger partial charge in [-0.3, -0.25) is 10.1 Å². The van der Waals surface area contributed by atoms with Crippen LogP contribution < -0.4 is 10.6 Å². The molecule has 21 heavy (non-hydrogen) atoms. The van der Waals surface area contributed by atoms with Gasteiger partial charge in [0.1, 0.15) is 0 Å². The van der Waals surface area contributed by atoms with Crippen molar-refractivity contribution in [2.45, 2.75) is 0 Å². The predicted octanol–water partition coefficient (Wildman–Crippen LogP) is 4.55. The van der Waals surface area contributed by atoms with E-state index in [9.17, 15) is 14.9 Å². The third-order valence-corrected chi connectivity index (χ3v) is 3.06. The highest BCUT2D eigenvalue weighted by Crippen LogP contribution is 2.25. The summed E-state index contributed by atoms with van der Waals surface area (Å²) in [6.45, 7) is 0. The quantitative estimate of drug-likeness (QED) is 0.641. The van der Waals surface area contributed by atoms with Gasteiger partial charge in [0.05, 0.1) is 15.6 Å². The number of halogens is 2. The molecule has 6 nitrogen and oxygen atoms in total. The zero-order valence-electron chi connectivity index (χ0n) is 10.5. The van der Waals surface area contributed by atoms with Crippen LogP contribution in [0.5, 0.6) is 0 Å². The van der Waals surface area contributed by atoms with Crippen molar-refractivity contribution >= 4 is 46.3 Å². The maximum atomic E-state index is 11.8. The largest absolute Gasteiger partial charge is 0.323 e. The third-order valence-electron chi connectivity index (χ3n) is 2.52. The molecule has 2 amide bonds. The number of nitrogens with zero attached hydrogens (tertiary/aromatic N) is 1. The van der Waals surface area contributed by atoms with Gasteiger partial charge in [0, 0.05) is 22.8 Å². The second kappa shape index (κ2) is 6.43. The van der Waals surface area contributed by atoms with Crippen LogP contribution in [0.1, 0.15) is 0 Å². The summed E-state index contributed by atoms with van der Waals surface area (Å²) in [5.74, 6) is 0. The van der Waals surface area contributed by atoms with E-state index in [-0.39, 0.29) is 5.69 Å². The summed E-state index contributed by atoms with van der Waals surface area (Å²) in [6.07, 6.45) is 0. The Labute approximate surface area is 129 Å². The van der Waals surface area contributed by atoms with Gasteiger partial charge in [0.25, 0.3) is 5.69 Å². The molecule has 2 rings (SSSR count). The number of nitro benzene ring substituents is 1. The van der Waals surface area contributed by atoms with Crippen molar-refractivity contribution in [1.29, 1.82) is 0 Å². The minimum atomic E-state index is -0.520. The zero-order chi connectivity index (χ0) is 15.4. The number of carbonyl (C=O) groups excluding carboxylic acids is 1. The molecule has 0 saturated carbocycles. The van der Waals surface area contributed by atoms with Crippen LogP contribution in [0.2, 0.25) is 10.0 Å². The number of rotatable bonds is 3. The number of anilines is 2. The number of amides is 2. The van der Waals surface area contributed by atoms with Gasteiger partial charge in [-0.05, 0) is 30.3 Å². The third kappa shape index (κ3) is 4.08. The minimum absolute atomic E-state index is 0.0540. The number of nitro groups is 1. The van der Waals surface area contributed by atoms with Crippen LogP contribution in [0, 0.1) is 10.1 Å². The molecule has 0 aliphatic heterocycles. The van der Waals surface area contributed by atoms with Crippen molar-refractivity contribution in [3.63, 3.8) is 0 Å². The number of non-ortho nitro benzene ring substituents is 1. The molecule has 0 aromatic heterocycles. The summed E-state index contributed by atoms with van der Waals surface area (Å²) in [5, 5.41) is 16.4. The fourth-order valence-corrected chi connectivity index (χ4v) is 2.00. The van der Waals surface area contributed by atoms with Crippen molar-refractivity contribution in [3.05, 3.63) is 62.6 Å². The molecule has 0 unspecified atom stereocenters. The fraction of sp³-hybridized carbons (Fsp3) is 0. The van der Waals surface area contributed by atoms with Gasteiger partial charge in [-0.2, -0.15) is 0 Å². The van der Waals surface area contributed by atoms with Gasteiger partial charge in [-0.1, -0.05) is 23.2 Å². The molecule has 0 saturated heterocycles. The Balaban J connectivity index is 2.02. The Morgan fingerprint density at radius 3 is 2.29 bits per heavy atom. The summed E-state index contributed by atoms with van der Waals surface area (Å²) >= 11 is 11.7. The lowest BCUT2D eigenvalue weighted by atomic mass is 10.3. The molecule has 0 fully saturated rings. The maximum absolute atomic E-state index is 11.8. The lowest BCUT2D eigenvalue weighted by Crippen LogP contribution is -2.19. The van der Waals surface area contributed by atoms with E-state index in [4.69, 9.17) is 23.2 Å². The van der Waals surface area contributed by atoms with Crippen LogP contribution in [0.25, 0.3) is 0 Å². The van der Waals surface area contributed by atoms with Crippen molar-refractivity contribution in [2.75, 3.05) is 10.6 Å². The van der Waals surface area contributed by atoms with E-state index in [1.165, 1.54) is 30.3 Å². The molecule has 2 N–H and O–H groups in total. The summed E-state index contributed by atoms with van der Waals surface area (Å²) in [4.78, 5) is 21.8. The molecule has 0 radical (unpaired) electrons. The summed E-state index contributed by atoms with van der Waals surface area (Å²) in [6, 6.07) is 9.60. The van der Waals surface area contributed by atoms with Gasteiger partial charge in [-0.25, -0.2) is 4.79 Å². The van der Waals surface area contributed by atoms with E-state index < -0.39 is 11.0 Å². The van der Waals surface area contributed by atoms with Crippen LogP contribution in [-0.4, -0.2) is 11.0 Å². The second-order valence-corrected chi connectivity index (χ2v) is 4.85. The van der Waals surface area contributed by atoms with Crippen molar-refractivity contribution in [1.82, 2.24) is 0 Å². The first kappa shape index (κ1) is 15.1. The van der Waals surface area contributed by atoms with Crippen molar-refractivity contribution in [3.8, 4) is 0 Å². The van der Waals surface area contributed by atoms with E-state index in [2.05, 4.69) is 10.6 Å². The number of nitrogens with one attached hydrogen (secondary N) is 2. The Bertz CT molecular complexity index is 690. The number of urea groups is 1. The topological polar surface area (TPSA) is 84.3 Å². The van der Waals surface area contributed by atoms with Crippen LogP contribution in [-0.2, 0) is 0 Å². The highest BCUT2D eigenvalue weighted by atomic mass is 35.5. The van der Waals surface area contributed by atoms with E-state index >= 15 is 0 Å². The molecule has 2 aromatic rings. The van der Waals surface area contributed by atoms with E-state index in [0.717, 1.165) is 0 Å². The van der Waals surface area contributed by atoms with Crippen LogP contribution in [0.15, 0.2) is 42.5 Å². The number of hydrogen-bond donors (Lipinski definition) is 2. The van der Waals surface area contributed by atoms with Crippen LogP contribution in [0.4, 0.5) is 21.9 Å². The van der Waals surface area contributed by atoms with Crippen LogP contribution >= 0.6 is 23.2 Å². The van der Waals surface area contributed by atoms with Crippen molar-refractivity contribution in [2.24, 2.45) is 0 Å². The fourth-order valence-electron chi connectivity index (χ4n) is 1.54. The smallest absolute Gasteiger partial charge is 0.308 e.